The number of carbonyl (C=O) groups is 2. The third-order valence-corrected chi connectivity index (χ3v) is 10.9. The van der Waals surface area contributed by atoms with Gasteiger partial charge in [-0.25, -0.2) is 0 Å². The number of hydrogen-bond acceptors (Lipinski definition) is 3. The molecule has 0 aromatic rings. The predicted molar refractivity (Wildman–Crippen MR) is 133 cm³/mol. The molecule has 0 heterocycles. The van der Waals surface area contributed by atoms with Crippen molar-refractivity contribution in [3.05, 3.63) is 0 Å². The van der Waals surface area contributed by atoms with Crippen LogP contribution in [0.1, 0.15) is 118 Å². The van der Waals surface area contributed by atoms with Crippen LogP contribution >= 0.6 is 0 Å². The molecule has 4 saturated carbocycles. The fourth-order valence-corrected chi connectivity index (χ4v) is 8.84. The van der Waals surface area contributed by atoms with Crippen LogP contribution in [0.15, 0.2) is 0 Å². The van der Waals surface area contributed by atoms with Crippen LogP contribution in [0.3, 0.4) is 0 Å². The molecule has 4 fully saturated rings. The highest BCUT2D eigenvalue weighted by molar-refractivity contribution is 5.87. The van der Waals surface area contributed by atoms with Crippen molar-refractivity contribution in [3.8, 4) is 0 Å². The van der Waals surface area contributed by atoms with E-state index in [0.717, 1.165) is 70.8 Å². The molecule has 4 aliphatic rings. The summed E-state index contributed by atoms with van der Waals surface area (Å²) in [5.41, 5.74) is -0.513. The standard InChI is InChI=1S/C29H49NO3/c1-5-7-8-9-26(32)30(18-6-2)20-29(33)17-16-27(3)21(19-29)10-11-22-23-12-13-25(31)28(23,4)15-14-24(22)27/h21-24,33H,5-20H2,1-4H3/t21-,22-,23-,24-,27-,28-,29+/m0/s1. The van der Waals surface area contributed by atoms with E-state index in [4.69, 9.17) is 0 Å². The van der Waals surface area contributed by atoms with E-state index in [1.165, 1.54) is 19.3 Å². The SMILES string of the molecule is CCCCCC(=O)N(CCC)C[C@@]1(O)CC[C@@]2(C)[C@@H](CC[C@@H]3[C@@H]2CC[C@]2(C)C(=O)CC[C@@H]32)C1. The van der Waals surface area contributed by atoms with Crippen LogP contribution in [0.4, 0.5) is 0 Å². The van der Waals surface area contributed by atoms with Crippen LogP contribution in [-0.2, 0) is 9.59 Å². The summed E-state index contributed by atoms with van der Waals surface area (Å²) in [6, 6.07) is 0. The lowest BCUT2D eigenvalue weighted by Gasteiger charge is -2.61. The van der Waals surface area contributed by atoms with Crippen molar-refractivity contribution in [1.29, 1.82) is 0 Å². The second-order valence-electron chi connectivity index (χ2n) is 12.8. The van der Waals surface area contributed by atoms with Gasteiger partial charge in [-0.15, -0.1) is 0 Å². The van der Waals surface area contributed by atoms with Crippen LogP contribution in [-0.4, -0.2) is 40.4 Å². The second kappa shape index (κ2) is 9.63. The lowest BCUT2D eigenvalue weighted by Crippen LogP contribution is -2.58. The Balaban J connectivity index is 1.44. The minimum atomic E-state index is -0.737. The molecule has 4 heteroatoms. The summed E-state index contributed by atoms with van der Waals surface area (Å²) in [7, 11) is 0. The number of ketones is 1. The quantitative estimate of drug-likeness (QED) is 0.443. The summed E-state index contributed by atoms with van der Waals surface area (Å²) in [6.07, 6.45) is 14.0. The van der Waals surface area contributed by atoms with Crippen LogP contribution in [0.2, 0.25) is 0 Å². The molecule has 7 atom stereocenters. The molecule has 0 spiro atoms. The molecule has 4 aliphatic carbocycles. The van der Waals surface area contributed by atoms with E-state index in [1.54, 1.807) is 0 Å². The molecule has 1 N–H and O–H groups in total. The lowest BCUT2D eigenvalue weighted by molar-refractivity contribution is -0.161. The zero-order valence-electron chi connectivity index (χ0n) is 21.8. The monoisotopic (exact) mass is 459 g/mol. The van der Waals surface area contributed by atoms with Gasteiger partial charge in [0.05, 0.1) is 5.60 Å². The number of carbonyl (C=O) groups excluding carboxylic acids is 2. The van der Waals surface area contributed by atoms with Gasteiger partial charge in [0.2, 0.25) is 5.91 Å². The van der Waals surface area contributed by atoms with Crippen molar-refractivity contribution in [2.75, 3.05) is 13.1 Å². The largest absolute Gasteiger partial charge is 0.388 e. The second-order valence-corrected chi connectivity index (χ2v) is 12.8. The minimum Gasteiger partial charge on any atom is -0.388 e. The van der Waals surface area contributed by atoms with Gasteiger partial charge in [-0.1, -0.05) is 40.5 Å². The highest BCUT2D eigenvalue weighted by Gasteiger charge is 2.61. The number of aliphatic hydroxyl groups is 1. The van der Waals surface area contributed by atoms with Crippen LogP contribution in [0.25, 0.3) is 0 Å². The topological polar surface area (TPSA) is 57.6 Å². The van der Waals surface area contributed by atoms with Crippen molar-refractivity contribution < 1.29 is 14.7 Å². The van der Waals surface area contributed by atoms with Crippen molar-refractivity contribution in [2.24, 2.45) is 34.5 Å². The van der Waals surface area contributed by atoms with Crippen molar-refractivity contribution in [1.82, 2.24) is 4.90 Å². The fourth-order valence-electron chi connectivity index (χ4n) is 8.84. The van der Waals surface area contributed by atoms with Gasteiger partial charge >= 0.3 is 0 Å². The molecule has 4 nitrogen and oxygen atoms in total. The van der Waals surface area contributed by atoms with E-state index in [9.17, 15) is 14.7 Å². The Morgan fingerprint density at radius 3 is 2.52 bits per heavy atom. The first-order chi connectivity index (χ1) is 15.7. The molecule has 0 aliphatic heterocycles. The molecule has 1 amide bonds. The molecule has 0 unspecified atom stereocenters. The summed E-state index contributed by atoms with van der Waals surface area (Å²) in [5, 5.41) is 11.7. The zero-order valence-corrected chi connectivity index (χ0v) is 21.8. The van der Waals surface area contributed by atoms with Gasteiger partial charge in [-0.3, -0.25) is 9.59 Å². The average Bonchev–Trinajstić information content (AvgIpc) is 3.09. The van der Waals surface area contributed by atoms with Crippen LogP contribution in [0.5, 0.6) is 0 Å². The van der Waals surface area contributed by atoms with E-state index >= 15 is 0 Å². The van der Waals surface area contributed by atoms with Gasteiger partial charge in [-0.05, 0) is 93.3 Å². The lowest BCUT2D eigenvalue weighted by atomic mass is 9.44. The van der Waals surface area contributed by atoms with Crippen LogP contribution in [0, 0.1) is 34.5 Å². The van der Waals surface area contributed by atoms with Crippen LogP contribution < -0.4 is 0 Å². The average molecular weight is 460 g/mol. The number of amides is 1. The normalized spacial score (nSPS) is 42.4. The Morgan fingerprint density at radius 2 is 1.79 bits per heavy atom. The van der Waals surface area contributed by atoms with Gasteiger partial charge in [-0.2, -0.15) is 0 Å². The summed E-state index contributed by atoms with van der Waals surface area (Å²) in [4.78, 5) is 27.6. The maximum absolute atomic E-state index is 12.9. The molecule has 33 heavy (non-hydrogen) atoms. The van der Waals surface area contributed by atoms with E-state index in [1.807, 2.05) is 4.90 Å². The van der Waals surface area contributed by atoms with Gasteiger partial charge < -0.3 is 10.0 Å². The molecule has 4 rings (SSSR count). The first-order valence-corrected chi connectivity index (χ1v) is 14.2. The predicted octanol–water partition coefficient (Wildman–Crippen LogP) is 6.15. The van der Waals surface area contributed by atoms with Gasteiger partial charge in [0.15, 0.2) is 0 Å². The van der Waals surface area contributed by atoms with E-state index in [0.29, 0.717) is 42.4 Å². The Bertz CT molecular complexity index is 736. The third-order valence-electron chi connectivity index (χ3n) is 10.9. The van der Waals surface area contributed by atoms with E-state index in [-0.39, 0.29) is 16.7 Å². The number of Topliss-reactive ketones (excluding diaryl/α,β-unsaturated/α-hetero) is 1. The van der Waals surface area contributed by atoms with Gasteiger partial charge in [0.25, 0.3) is 0 Å². The molecule has 0 saturated heterocycles. The maximum atomic E-state index is 12.9. The number of hydrogen-bond donors (Lipinski definition) is 1. The highest BCUT2D eigenvalue weighted by atomic mass is 16.3. The number of rotatable bonds is 8. The Hall–Kier alpha value is -0.900. The molecule has 0 radical (unpaired) electrons. The molecular formula is C29H49NO3. The first kappa shape index (κ1) is 25.2. The fraction of sp³-hybridized carbons (Fsp3) is 0.931. The van der Waals surface area contributed by atoms with E-state index in [2.05, 4.69) is 27.7 Å². The van der Waals surface area contributed by atoms with Crippen molar-refractivity contribution in [2.45, 2.75) is 123 Å². The molecule has 188 valence electrons. The Kier molecular flexibility index (Phi) is 7.35. The zero-order chi connectivity index (χ0) is 23.9. The molecule has 0 aromatic carbocycles. The molecular weight excluding hydrogens is 410 g/mol. The molecule has 0 aromatic heterocycles. The summed E-state index contributed by atoms with van der Waals surface area (Å²) < 4.78 is 0. The minimum absolute atomic E-state index is 0.0570. The number of nitrogens with zero attached hydrogens (tertiary/aromatic N) is 1. The molecule has 0 bridgehead atoms. The smallest absolute Gasteiger partial charge is 0.222 e. The highest BCUT2D eigenvalue weighted by Crippen LogP contribution is 2.66. The number of fused-ring (bicyclic) bond motifs is 5. The maximum Gasteiger partial charge on any atom is 0.222 e. The van der Waals surface area contributed by atoms with Crippen molar-refractivity contribution in [3.63, 3.8) is 0 Å². The van der Waals surface area contributed by atoms with Gasteiger partial charge in [0, 0.05) is 31.3 Å². The first-order valence-electron chi connectivity index (χ1n) is 14.2. The Morgan fingerprint density at radius 1 is 1.00 bits per heavy atom. The van der Waals surface area contributed by atoms with Crippen molar-refractivity contribution >= 4 is 11.7 Å². The summed E-state index contributed by atoms with van der Waals surface area (Å²) >= 11 is 0. The summed E-state index contributed by atoms with van der Waals surface area (Å²) in [6.45, 7) is 10.3. The Labute approximate surface area is 202 Å². The third kappa shape index (κ3) is 4.55. The van der Waals surface area contributed by atoms with E-state index < -0.39 is 5.60 Å². The number of unbranched alkanes of at least 4 members (excludes halogenated alkanes) is 2. The summed E-state index contributed by atoms with van der Waals surface area (Å²) in [5.74, 6) is 3.27. The van der Waals surface area contributed by atoms with Gasteiger partial charge in [0.1, 0.15) is 5.78 Å².